The molecule has 0 saturated carbocycles. The molecule has 1 unspecified atom stereocenters. The molecule has 0 fully saturated rings. The molecule has 0 aliphatic heterocycles. The van der Waals surface area contributed by atoms with Crippen LogP contribution in [0.1, 0.15) is 329 Å². The summed E-state index contributed by atoms with van der Waals surface area (Å²) >= 11 is 0. The highest BCUT2D eigenvalue weighted by molar-refractivity contribution is 5.71. The molecule has 0 bridgehead atoms. The minimum atomic E-state index is -0.783. The van der Waals surface area contributed by atoms with Crippen LogP contribution >= 0.6 is 0 Å². The SMILES string of the molecule is CC/C=C\C/C=C\C/C=C\CCCCCCCC(=O)OC(COC(=O)CCCCCCC/C=C\CCCC)COC(=O)CCCCCCCCCCCCCCCCCCCCCCCCCCCCC. The van der Waals surface area contributed by atoms with Crippen molar-refractivity contribution >= 4 is 17.9 Å². The molecule has 1 atom stereocenters. The highest BCUT2D eigenvalue weighted by atomic mass is 16.6. The van der Waals surface area contributed by atoms with Gasteiger partial charge in [-0.1, -0.05) is 288 Å². The first-order chi connectivity index (χ1) is 35.0. The van der Waals surface area contributed by atoms with Crippen LogP contribution in [0.2, 0.25) is 0 Å². The summed E-state index contributed by atoms with van der Waals surface area (Å²) in [7, 11) is 0. The predicted octanol–water partition coefficient (Wildman–Crippen LogP) is 21.0. The molecule has 0 aliphatic rings. The molecule has 0 aromatic heterocycles. The maximum Gasteiger partial charge on any atom is 0.306 e. The van der Waals surface area contributed by atoms with Gasteiger partial charge in [-0.2, -0.15) is 0 Å². The second-order valence-electron chi connectivity index (χ2n) is 20.9. The molecule has 0 aromatic carbocycles. The Balaban J connectivity index is 4.16. The summed E-state index contributed by atoms with van der Waals surface area (Å²) in [6.07, 6.45) is 74.2. The molecule has 0 spiro atoms. The minimum absolute atomic E-state index is 0.0799. The Kier molecular flexibility index (Phi) is 57.7. The van der Waals surface area contributed by atoms with E-state index in [4.69, 9.17) is 14.2 Å². The van der Waals surface area contributed by atoms with Gasteiger partial charge in [0.05, 0.1) is 0 Å². The van der Waals surface area contributed by atoms with Gasteiger partial charge in [0.25, 0.3) is 0 Å². The predicted molar refractivity (Wildman–Crippen MR) is 307 cm³/mol. The fourth-order valence-corrected chi connectivity index (χ4v) is 9.15. The molecule has 71 heavy (non-hydrogen) atoms. The molecule has 6 heteroatoms. The van der Waals surface area contributed by atoms with E-state index in [1.165, 1.54) is 186 Å². The Morgan fingerprint density at radius 2 is 0.563 bits per heavy atom. The third-order valence-electron chi connectivity index (χ3n) is 13.8. The van der Waals surface area contributed by atoms with E-state index in [9.17, 15) is 14.4 Å². The molecule has 0 radical (unpaired) electrons. The molecular formula is C65H118O6. The van der Waals surface area contributed by atoms with Crippen LogP contribution in [0.5, 0.6) is 0 Å². The van der Waals surface area contributed by atoms with Crippen molar-refractivity contribution in [2.45, 2.75) is 335 Å². The van der Waals surface area contributed by atoms with Gasteiger partial charge in [-0.05, 0) is 70.6 Å². The summed E-state index contributed by atoms with van der Waals surface area (Å²) in [6, 6.07) is 0. The van der Waals surface area contributed by atoms with Crippen molar-refractivity contribution < 1.29 is 28.6 Å². The van der Waals surface area contributed by atoms with Crippen molar-refractivity contribution in [3.05, 3.63) is 48.6 Å². The van der Waals surface area contributed by atoms with Gasteiger partial charge in [0.2, 0.25) is 0 Å². The molecule has 0 amide bonds. The van der Waals surface area contributed by atoms with Gasteiger partial charge in [0, 0.05) is 19.3 Å². The highest BCUT2D eigenvalue weighted by Gasteiger charge is 2.19. The van der Waals surface area contributed by atoms with Gasteiger partial charge in [-0.25, -0.2) is 0 Å². The van der Waals surface area contributed by atoms with E-state index in [0.29, 0.717) is 19.3 Å². The van der Waals surface area contributed by atoms with Crippen LogP contribution in [-0.2, 0) is 28.6 Å². The van der Waals surface area contributed by atoms with Crippen LogP contribution in [0, 0.1) is 0 Å². The standard InChI is InChI=1S/C65H118O6/c1-4-7-10-13-16-19-22-24-26-27-28-29-30-31-32-33-34-35-36-37-39-40-43-46-49-52-55-58-64(67)70-61-62(60-69-63(66)57-54-51-48-45-42-21-18-15-12-9-6-3)71-65(68)59-56-53-50-47-44-41-38-25-23-20-17-14-11-8-5-2/h8,11,15,17-18,20,25,38,62H,4-7,9-10,12-14,16,19,21-24,26-37,39-61H2,1-3H3/b11-8-,18-15-,20-17-,38-25-. The summed E-state index contributed by atoms with van der Waals surface area (Å²) in [5.74, 6) is -0.892. The maximum atomic E-state index is 12.8. The lowest BCUT2D eigenvalue weighted by Crippen LogP contribution is -2.30. The minimum Gasteiger partial charge on any atom is -0.462 e. The monoisotopic (exact) mass is 995 g/mol. The molecule has 414 valence electrons. The number of ether oxygens (including phenoxy) is 3. The normalized spacial score (nSPS) is 12.3. The highest BCUT2D eigenvalue weighted by Crippen LogP contribution is 2.18. The lowest BCUT2D eigenvalue weighted by Gasteiger charge is -2.18. The Morgan fingerprint density at radius 3 is 0.915 bits per heavy atom. The molecule has 6 nitrogen and oxygen atoms in total. The first-order valence-electron chi connectivity index (χ1n) is 31.1. The second kappa shape index (κ2) is 59.9. The van der Waals surface area contributed by atoms with Gasteiger partial charge in [-0.3, -0.25) is 14.4 Å². The van der Waals surface area contributed by atoms with Gasteiger partial charge in [0.15, 0.2) is 6.10 Å². The Bertz CT molecular complexity index is 1230. The van der Waals surface area contributed by atoms with Gasteiger partial charge >= 0.3 is 17.9 Å². The number of hydrogen-bond donors (Lipinski definition) is 0. The quantitative estimate of drug-likeness (QED) is 0.0261. The largest absolute Gasteiger partial charge is 0.462 e. The Morgan fingerprint density at radius 1 is 0.296 bits per heavy atom. The molecule has 0 aromatic rings. The average Bonchev–Trinajstić information content (AvgIpc) is 3.37. The summed E-state index contributed by atoms with van der Waals surface area (Å²) in [5, 5.41) is 0. The molecular weight excluding hydrogens is 877 g/mol. The summed E-state index contributed by atoms with van der Waals surface area (Å²) in [6.45, 7) is 6.51. The number of unbranched alkanes of at least 4 members (excludes halogenated alkanes) is 38. The molecule has 0 saturated heterocycles. The molecule has 0 rings (SSSR count). The van der Waals surface area contributed by atoms with E-state index in [0.717, 1.165) is 103 Å². The zero-order valence-electron chi connectivity index (χ0n) is 47.5. The first-order valence-corrected chi connectivity index (χ1v) is 31.1. The van der Waals surface area contributed by atoms with Crippen molar-refractivity contribution in [1.82, 2.24) is 0 Å². The molecule has 0 aliphatic carbocycles. The molecule has 0 heterocycles. The second-order valence-corrected chi connectivity index (χ2v) is 20.9. The van der Waals surface area contributed by atoms with E-state index in [2.05, 4.69) is 69.4 Å². The van der Waals surface area contributed by atoms with E-state index >= 15 is 0 Å². The Labute approximate surface area is 441 Å². The van der Waals surface area contributed by atoms with Gasteiger partial charge in [0.1, 0.15) is 13.2 Å². The van der Waals surface area contributed by atoms with Crippen molar-refractivity contribution in [3.63, 3.8) is 0 Å². The Hall–Kier alpha value is -2.63. The van der Waals surface area contributed by atoms with Crippen molar-refractivity contribution in [2.75, 3.05) is 13.2 Å². The summed E-state index contributed by atoms with van der Waals surface area (Å²) in [4.78, 5) is 38.1. The van der Waals surface area contributed by atoms with Gasteiger partial charge < -0.3 is 14.2 Å². The zero-order chi connectivity index (χ0) is 51.4. The topological polar surface area (TPSA) is 78.9 Å². The number of carbonyl (C=O) groups is 3. The molecule has 0 N–H and O–H groups in total. The van der Waals surface area contributed by atoms with E-state index in [-0.39, 0.29) is 31.1 Å². The van der Waals surface area contributed by atoms with Crippen LogP contribution in [0.25, 0.3) is 0 Å². The van der Waals surface area contributed by atoms with Crippen LogP contribution in [0.3, 0.4) is 0 Å². The third-order valence-corrected chi connectivity index (χ3v) is 13.8. The lowest BCUT2D eigenvalue weighted by molar-refractivity contribution is -0.167. The number of allylic oxidation sites excluding steroid dienone is 8. The number of esters is 3. The van der Waals surface area contributed by atoms with Crippen LogP contribution in [0.4, 0.5) is 0 Å². The third kappa shape index (κ3) is 58.1. The number of hydrogen-bond acceptors (Lipinski definition) is 6. The summed E-state index contributed by atoms with van der Waals surface area (Å²) < 4.78 is 16.9. The van der Waals surface area contributed by atoms with E-state index in [1.807, 2.05) is 0 Å². The van der Waals surface area contributed by atoms with Crippen LogP contribution in [-0.4, -0.2) is 37.2 Å². The van der Waals surface area contributed by atoms with Crippen molar-refractivity contribution in [1.29, 1.82) is 0 Å². The number of carbonyl (C=O) groups excluding carboxylic acids is 3. The zero-order valence-corrected chi connectivity index (χ0v) is 47.5. The van der Waals surface area contributed by atoms with Crippen molar-refractivity contribution in [3.8, 4) is 0 Å². The van der Waals surface area contributed by atoms with Crippen LogP contribution < -0.4 is 0 Å². The maximum absolute atomic E-state index is 12.8. The smallest absolute Gasteiger partial charge is 0.306 e. The van der Waals surface area contributed by atoms with E-state index < -0.39 is 6.10 Å². The van der Waals surface area contributed by atoms with E-state index in [1.54, 1.807) is 0 Å². The fourth-order valence-electron chi connectivity index (χ4n) is 9.15. The first kappa shape index (κ1) is 68.4. The average molecular weight is 996 g/mol. The van der Waals surface area contributed by atoms with Crippen LogP contribution in [0.15, 0.2) is 48.6 Å². The van der Waals surface area contributed by atoms with Crippen molar-refractivity contribution in [2.24, 2.45) is 0 Å². The van der Waals surface area contributed by atoms with Gasteiger partial charge in [-0.15, -0.1) is 0 Å². The lowest BCUT2D eigenvalue weighted by atomic mass is 10.0. The summed E-state index contributed by atoms with van der Waals surface area (Å²) in [5.41, 5.74) is 0. The number of rotatable bonds is 57. The fraction of sp³-hybridized carbons (Fsp3) is 0.831.